The number of benzene rings is 2. The maximum atomic E-state index is 11.9. The Morgan fingerprint density at radius 2 is 2.08 bits per heavy atom. The fraction of sp³-hybridized carbons (Fsp3) is 0.393. The van der Waals surface area contributed by atoms with Gasteiger partial charge in [0.2, 0.25) is 0 Å². The quantitative estimate of drug-likeness (QED) is 0.305. The Hall–Kier alpha value is -3.56. The first-order valence-electron chi connectivity index (χ1n) is 12.7. The molecule has 0 aliphatic carbocycles. The highest BCUT2D eigenvalue weighted by Gasteiger charge is 2.61. The van der Waals surface area contributed by atoms with Crippen molar-refractivity contribution < 1.29 is 19.8 Å². The molecule has 4 heterocycles. The maximum absolute atomic E-state index is 11.9. The minimum absolute atomic E-state index is 0.00919. The van der Waals surface area contributed by atoms with Gasteiger partial charge in [0.15, 0.2) is 5.88 Å². The summed E-state index contributed by atoms with van der Waals surface area (Å²) in [5, 5.41) is 26.4. The number of aromatic nitrogens is 1. The zero-order valence-corrected chi connectivity index (χ0v) is 22.3. The van der Waals surface area contributed by atoms with Crippen LogP contribution in [0.4, 0.5) is 10.5 Å². The molecule has 10 heteroatoms. The predicted molar refractivity (Wildman–Crippen MR) is 147 cm³/mol. The molecular formula is C28H30ClN5O4. The highest BCUT2D eigenvalue weighted by molar-refractivity contribution is 6.58. The predicted octanol–water partition coefficient (Wildman–Crippen LogP) is 5.23. The summed E-state index contributed by atoms with van der Waals surface area (Å²) in [5.74, 6) is -0.00919. The second-order valence-electron chi connectivity index (χ2n) is 11.3. The molecule has 3 N–H and O–H groups in total. The van der Waals surface area contributed by atoms with E-state index in [2.05, 4.69) is 35.8 Å². The molecule has 6 rings (SSSR count). The first kappa shape index (κ1) is 24.8. The Labute approximate surface area is 225 Å². The van der Waals surface area contributed by atoms with Gasteiger partial charge in [0.25, 0.3) is 0 Å². The summed E-state index contributed by atoms with van der Waals surface area (Å²) in [6.07, 6.45) is -0.0255. The number of para-hydroxylation sites is 1. The molecule has 3 aromatic rings. The third kappa shape index (κ3) is 3.75. The van der Waals surface area contributed by atoms with E-state index in [1.807, 2.05) is 30.3 Å². The number of hydrogen-bond acceptors (Lipinski definition) is 6. The second kappa shape index (κ2) is 8.74. The van der Waals surface area contributed by atoms with E-state index in [-0.39, 0.29) is 17.3 Å². The molecule has 3 aliphatic heterocycles. The highest BCUT2D eigenvalue weighted by atomic mass is 35.5. The van der Waals surface area contributed by atoms with Gasteiger partial charge in [-0.15, -0.1) is 0 Å². The minimum Gasteiger partial charge on any atom is -0.494 e. The number of amides is 1. The van der Waals surface area contributed by atoms with Crippen molar-refractivity contribution in [1.82, 2.24) is 14.8 Å². The third-order valence-electron chi connectivity index (χ3n) is 8.31. The number of rotatable bonds is 5. The number of aromatic hydroxyl groups is 1. The molecule has 1 aromatic heterocycles. The molecule has 0 radical (unpaired) electrons. The monoisotopic (exact) mass is 535 g/mol. The Kier molecular flexibility index (Phi) is 5.70. The molecule has 198 valence electrons. The van der Waals surface area contributed by atoms with Crippen LogP contribution < -0.4 is 0 Å². The van der Waals surface area contributed by atoms with Crippen LogP contribution in [0.25, 0.3) is 10.9 Å². The molecular weight excluding hydrogens is 506 g/mol. The van der Waals surface area contributed by atoms with Gasteiger partial charge in [0.05, 0.1) is 16.8 Å². The molecule has 2 fully saturated rings. The standard InChI is InChI=1S/C28H30ClN5O4/c1-27(2,3)28-13-17(14-34(28)26(36)37)33(15-28)10-11-38-32-23-18-6-4-5-7-20(18)30-24(23)22-19-12-16(29)8-9-21(19)31-25(22)35/h4-9,12,17,31,35H,10-11,13-15H2,1-3H3,(H,36,37)/b32-23+/t17-,28+/m0/s1. The second-order valence-corrected chi connectivity index (χ2v) is 11.7. The van der Waals surface area contributed by atoms with Crippen LogP contribution in [0, 0.1) is 5.41 Å². The lowest BCUT2D eigenvalue weighted by atomic mass is 9.73. The lowest BCUT2D eigenvalue weighted by molar-refractivity contribution is -0.00398. The van der Waals surface area contributed by atoms with Crippen molar-refractivity contribution in [2.45, 2.75) is 38.8 Å². The number of fused-ring (bicyclic) bond motifs is 4. The number of piperazine rings is 1. The largest absolute Gasteiger partial charge is 0.494 e. The number of nitrogens with one attached hydrogen (secondary N) is 1. The molecule has 9 nitrogen and oxygen atoms in total. The van der Waals surface area contributed by atoms with Gasteiger partial charge in [-0.05, 0) is 36.1 Å². The van der Waals surface area contributed by atoms with Crippen LogP contribution in [0.3, 0.4) is 0 Å². The Bertz CT molecular complexity index is 1510. The van der Waals surface area contributed by atoms with Crippen molar-refractivity contribution in [1.29, 1.82) is 0 Å². The van der Waals surface area contributed by atoms with E-state index in [1.165, 1.54) is 0 Å². The van der Waals surface area contributed by atoms with Gasteiger partial charge in [0, 0.05) is 47.2 Å². The molecule has 3 aliphatic rings. The Balaban J connectivity index is 1.23. The fourth-order valence-corrected chi connectivity index (χ4v) is 6.45. The Morgan fingerprint density at radius 3 is 2.84 bits per heavy atom. The zero-order chi connectivity index (χ0) is 26.8. The number of H-pyrrole nitrogens is 1. The molecule has 0 saturated carbocycles. The van der Waals surface area contributed by atoms with Gasteiger partial charge >= 0.3 is 6.09 Å². The highest BCUT2D eigenvalue weighted by Crippen LogP contribution is 2.50. The molecule has 0 spiro atoms. The van der Waals surface area contributed by atoms with Gasteiger partial charge in [-0.25, -0.2) is 9.79 Å². The van der Waals surface area contributed by atoms with E-state index < -0.39 is 11.6 Å². The fourth-order valence-electron chi connectivity index (χ4n) is 6.28. The van der Waals surface area contributed by atoms with Crippen LogP contribution in [0.5, 0.6) is 5.88 Å². The summed E-state index contributed by atoms with van der Waals surface area (Å²) in [6, 6.07) is 13.2. The lowest BCUT2D eigenvalue weighted by Gasteiger charge is -2.48. The van der Waals surface area contributed by atoms with Crippen molar-refractivity contribution in [3.8, 4) is 5.88 Å². The number of halogens is 1. The van der Waals surface area contributed by atoms with E-state index >= 15 is 0 Å². The Morgan fingerprint density at radius 1 is 1.29 bits per heavy atom. The summed E-state index contributed by atoms with van der Waals surface area (Å²) < 4.78 is 0. The summed E-state index contributed by atoms with van der Waals surface area (Å²) in [5.41, 5.74) is 3.31. The van der Waals surface area contributed by atoms with Crippen LogP contribution in [-0.2, 0) is 4.84 Å². The normalized spacial score (nSPS) is 23.9. The molecule has 38 heavy (non-hydrogen) atoms. The molecule has 2 bridgehead atoms. The van der Waals surface area contributed by atoms with Crippen molar-refractivity contribution in [3.63, 3.8) is 0 Å². The number of carbonyl (C=O) groups is 1. The minimum atomic E-state index is -0.849. The maximum Gasteiger partial charge on any atom is 0.407 e. The van der Waals surface area contributed by atoms with Gasteiger partial charge in [-0.2, -0.15) is 0 Å². The average molecular weight is 536 g/mol. The van der Waals surface area contributed by atoms with Crippen molar-refractivity contribution in [3.05, 3.63) is 58.6 Å². The van der Waals surface area contributed by atoms with Gasteiger partial charge < -0.3 is 20.0 Å². The number of nitrogens with zero attached hydrogens (tertiary/aromatic N) is 4. The number of oxime groups is 1. The molecule has 0 unspecified atom stereocenters. The van der Waals surface area contributed by atoms with Crippen LogP contribution in [0.2, 0.25) is 5.02 Å². The van der Waals surface area contributed by atoms with Gasteiger partial charge in [-0.3, -0.25) is 9.80 Å². The lowest BCUT2D eigenvalue weighted by Crippen LogP contribution is -2.61. The molecule has 1 amide bonds. The average Bonchev–Trinajstić information content (AvgIpc) is 3.60. The van der Waals surface area contributed by atoms with Gasteiger partial charge in [-0.1, -0.05) is 55.7 Å². The molecule has 2 aromatic carbocycles. The van der Waals surface area contributed by atoms with Crippen LogP contribution >= 0.6 is 11.6 Å². The summed E-state index contributed by atoms with van der Waals surface area (Å²) in [6.45, 7) is 8.50. The third-order valence-corrected chi connectivity index (χ3v) is 8.55. The number of aliphatic imine (C=N–C) groups is 1. The van der Waals surface area contributed by atoms with Crippen molar-refractivity contribution >= 4 is 45.7 Å². The SMILES string of the molecule is CC(C)(C)[C@]12C[C@@H](CN1C(=O)O)N(CCO/N=C1/C(c3c(O)[nH]c4ccc(Cl)cc34)=Nc3ccccc31)C2. The van der Waals surface area contributed by atoms with Gasteiger partial charge in [0.1, 0.15) is 18.0 Å². The van der Waals surface area contributed by atoms with Crippen molar-refractivity contribution in [2.75, 3.05) is 26.2 Å². The zero-order valence-electron chi connectivity index (χ0n) is 21.5. The smallest absolute Gasteiger partial charge is 0.407 e. The first-order valence-corrected chi connectivity index (χ1v) is 13.1. The molecule has 2 atom stereocenters. The number of likely N-dealkylation sites (tertiary alicyclic amines) is 2. The van der Waals surface area contributed by atoms with Crippen molar-refractivity contribution in [2.24, 2.45) is 15.6 Å². The molecule has 2 saturated heterocycles. The van der Waals surface area contributed by atoms with E-state index in [4.69, 9.17) is 21.4 Å². The topological polar surface area (TPSA) is 114 Å². The van der Waals surface area contributed by atoms with E-state index in [0.29, 0.717) is 48.3 Å². The summed E-state index contributed by atoms with van der Waals surface area (Å²) >= 11 is 6.26. The number of hydrogen-bond donors (Lipinski definition) is 3. The van der Waals surface area contributed by atoms with E-state index in [1.54, 1.807) is 17.0 Å². The summed E-state index contributed by atoms with van der Waals surface area (Å²) in [4.78, 5) is 29.5. The van der Waals surface area contributed by atoms with E-state index in [0.717, 1.165) is 28.6 Å². The first-order chi connectivity index (χ1) is 18.1. The van der Waals surface area contributed by atoms with Crippen LogP contribution in [0.1, 0.15) is 38.3 Å². The summed E-state index contributed by atoms with van der Waals surface area (Å²) in [7, 11) is 0. The van der Waals surface area contributed by atoms with Crippen LogP contribution in [-0.4, -0.2) is 80.3 Å². The number of aromatic amines is 1. The number of carboxylic acid groups (broad SMARTS) is 1. The van der Waals surface area contributed by atoms with E-state index in [9.17, 15) is 15.0 Å². The van der Waals surface area contributed by atoms with Crippen LogP contribution in [0.15, 0.2) is 52.6 Å².